The van der Waals surface area contributed by atoms with Crippen molar-refractivity contribution in [2.75, 3.05) is 69.0 Å². The largest absolute Gasteiger partial charge is 0.481 e. The van der Waals surface area contributed by atoms with Gasteiger partial charge in [0.1, 0.15) is 6.61 Å². The Hall–Kier alpha value is -10.7. The van der Waals surface area contributed by atoms with E-state index in [1.165, 1.54) is 42.7 Å². The molecule has 1 unspecified atom stereocenters. The fraction of sp³-hybridized carbons (Fsp3) is 0.528. The Morgan fingerprint density at radius 1 is 0.552 bits per heavy atom. The maximum absolute atomic E-state index is 15.1. The van der Waals surface area contributed by atoms with Crippen LogP contribution < -0.4 is 10.6 Å². The number of carboxylic acids is 1. The average molecular weight is 1600 g/mol. The molecule has 3 aromatic rings. The van der Waals surface area contributed by atoms with E-state index in [2.05, 4.69) is 33.8 Å². The van der Waals surface area contributed by atoms with E-state index in [0.717, 1.165) is 66.6 Å². The number of nitrogens with one attached hydrogen (secondary N) is 4. The van der Waals surface area contributed by atoms with Gasteiger partial charge in [0.25, 0.3) is 0 Å². The first-order valence-corrected chi connectivity index (χ1v) is 39.7. The molecule has 3 aromatic heterocycles. The number of amides is 1. The number of carbonyl (C=O) groups is 9. The van der Waals surface area contributed by atoms with Gasteiger partial charge in [0.05, 0.1) is 103 Å². The number of hydrogen-bond donors (Lipinski definition) is 5. The SMILES string of the molecule is C=Cc1c(C)c2cc3[nH]c(cc4nc(cc5nc(cc1[nH]2)C(C)=C5CCC(=O)O)C(CCC(=O)OCCOCCNC(=O)C[C@]1(C)/C2=C(\C)C5=N[C@@](C)(C6N=C(C(C)=C7N=C(C=C(N2)[C@H]1CCC(=O)OC)C(C)(C)[C@@H]7CCC(=O)OC)[C@](C)(CCC(=O)OC)[C@H]6CC(=O)OC)[C@@](C)(CC(=O)OC)[C@@H]5CCC(=O)OC)=C4C)c(C)c3C=C. The Morgan fingerprint density at radius 2 is 1.08 bits per heavy atom. The van der Waals surface area contributed by atoms with Gasteiger partial charge in [-0.2, -0.15) is 0 Å². The zero-order valence-corrected chi connectivity index (χ0v) is 70.4. The molecule has 10 heterocycles. The number of fused-ring (bicyclic) bond motifs is 14. The molecule has 1 amide bonds. The highest BCUT2D eigenvalue weighted by molar-refractivity contribution is 6.11. The number of carboxylic acid groups (broad SMARTS) is 1. The predicted octanol–water partition coefficient (Wildman–Crippen LogP) is 13.8. The lowest BCUT2D eigenvalue weighted by atomic mass is 9.55. The second-order valence-corrected chi connectivity index (χ2v) is 32.7. The van der Waals surface area contributed by atoms with Gasteiger partial charge in [-0.05, 0) is 162 Å². The number of ether oxygens (including phenoxy) is 8. The summed E-state index contributed by atoms with van der Waals surface area (Å²) in [5.41, 5.74) is 11.4. The maximum atomic E-state index is 15.1. The van der Waals surface area contributed by atoms with Crippen LogP contribution in [0.3, 0.4) is 0 Å². The molecule has 10 rings (SSSR count). The smallest absolute Gasteiger partial charge is 0.306 e. The Labute approximate surface area is 677 Å². The Kier molecular flexibility index (Phi) is 27.1. The number of H-pyrrole nitrogens is 2. The number of nitrogens with zero attached hydrogens (tertiary/aromatic N) is 5. The van der Waals surface area contributed by atoms with Crippen molar-refractivity contribution in [3.63, 3.8) is 0 Å². The molecular weight excluding hydrogens is 1480 g/mol. The molecule has 16 bridgehead atoms. The van der Waals surface area contributed by atoms with Crippen LogP contribution in [0.4, 0.5) is 0 Å². The van der Waals surface area contributed by atoms with Crippen LogP contribution in [0.5, 0.6) is 0 Å². The number of esters is 7. The minimum atomic E-state index is -1.46. The quantitative estimate of drug-likeness (QED) is 0.0220. The highest BCUT2D eigenvalue weighted by Gasteiger charge is 2.67. The van der Waals surface area contributed by atoms with E-state index in [0.29, 0.717) is 68.1 Å². The molecule has 0 radical (unpaired) electrons. The van der Waals surface area contributed by atoms with Crippen molar-refractivity contribution in [2.24, 2.45) is 60.3 Å². The zero-order chi connectivity index (χ0) is 84.8. The van der Waals surface area contributed by atoms with Crippen LogP contribution in [0.15, 0.2) is 86.7 Å². The molecule has 116 heavy (non-hydrogen) atoms. The number of aryl methyl sites for hydroxylation is 2. The van der Waals surface area contributed by atoms with Gasteiger partial charge in [-0.15, -0.1) is 0 Å². The molecule has 7 aliphatic heterocycles. The molecule has 9 atom stereocenters. The van der Waals surface area contributed by atoms with Crippen molar-refractivity contribution in [3.8, 4) is 0 Å². The number of hydrogen-bond acceptors (Lipinski definition) is 23. The van der Waals surface area contributed by atoms with Gasteiger partial charge in [-0.3, -0.25) is 58.1 Å². The number of rotatable bonds is 32. The van der Waals surface area contributed by atoms with Gasteiger partial charge >= 0.3 is 47.8 Å². The summed E-state index contributed by atoms with van der Waals surface area (Å²) in [5.74, 6) is -7.58. The summed E-state index contributed by atoms with van der Waals surface area (Å²) in [6.07, 6.45) is 5.69. The first-order valence-electron chi connectivity index (χ1n) is 39.7. The second-order valence-electron chi connectivity index (χ2n) is 32.7. The third kappa shape index (κ3) is 17.3. The lowest BCUT2D eigenvalue weighted by Gasteiger charge is -2.48. The van der Waals surface area contributed by atoms with E-state index in [9.17, 15) is 43.5 Å². The summed E-state index contributed by atoms with van der Waals surface area (Å²) in [5, 5.41) is 16.8. The third-order valence-electron chi connectivity index (χ3n) is 25.9. The monoisotopic (exact) mass is 1600 g/mol. The van der Waals surface area contributed by atoms with Crippen LogP contribution in [-0.4, -0.2) is 176 Å². The van der Waals surface area contributed by atoms with E-state index >= 15 is 4.79 Å². The number of carbonyl (C=O) groups excluding carboxylic acids is 8. The van der Waals surface area contributed by atoms with Crippen molar-refractivity contribution in [1.82, 2.24) is 30.6 Å². The molecule has 5 N–H and O–H groups in total. The van der Waals surface area contributed by atoms with E-state index in [1.54, 1.807) is 6.08 Å². The van der Waals surface area contributed by atoms with Crippen LogP contribution in [0.1, 0.15) is 211 Å². The van der Waals surface area contributed by atoms with Gasteiger partial charge < -0.3 is 63.6 Å². The summed E-state index contributed by atoms with van der Waals surface area (Å²) >= 11 is 0. The van der Waals surface area contributed by atoms with Crippen molar-refractivity contribution in [3.05, 3.63) is 117 Å². The summed E-state index contributed by atoms with van der Waals surface area (Å²) < 4.78 is 43.8. The highest BCUT2D eigenvalue weighted by atomic mass is 16.6. The Morgan fingerprint density at radius 3 is 1.64 bits per heavy atom. The molecule has 27 heteroatoms. The lowest BCUT2D eigenvalue weighted by molar-refractivity contribution is -0.147. The van der Waals surface area contributed by atoms with Crippen LogP contribution in [-0.2, 0) is 81.0 Å². The predicted molar refractivity (Wildman–Crippen MR) is 443 cm³/mol. The normalized spacial score (nSPS) is 24.4. The molecule has 1 fully saturated rings. The topological polar surface area (TPSA) is 366 Å². The summed E-state index contributed by atoms with van der Waals surface area (Å²) in [4.78, 5) is 158. The summed E-state index contributed by atoms with van der Waals surface area (Å²) in [6, 6.07) is 6.88. The minimum Gasteiger partial charge on any atom is -0.481 e. The van der Waals surface area contributed by atoms with Crippen molar-refractivity contribution < 1.29 is 86.2 Å². The zero-order valence-electron chi connectivity index (χ0n) is 70.4. The Bertz CT molecular complexity index is 4980. The Balaban J connectivity index is 0.963. The van der Waals surface area contributed by atoms with Crippen molar-refractivity contribution in [1.29, 1.82) is 0 Å². The molecule has 0 aromatic carbocycles. The van der Waals surface area contributed by atoms with Crippen LogP contribution in [0, 0.1) is 59.2 Å². The molecule has 0 saturated carbocycles. The first-order chi connectivity index (χ1) is 54.9. The average Bonchev–Trinajstić information content (AvgIpc) is 1.52. The molecule has 1 saturated heterocycles. The minimum absolute atomic E-state index is 0.00915. The molecule has 27 nitrogen and oxygen atoms in total. The fourth-order valence-electron chi connectivity index (χ4n) is 18.8. The highest BCUT2D eigenvalue weighted by Crippen LogP contribution is 2.63. The second kappa shape index (κ2) is 35.8. The number of methoxy groups -OCH3 is 6. The number of aromatic nitrogens is 4. The van der Waals surface area contributed by atoms with Gasteiger partial charge in [-0.25, -0.2) is 9.97 Å². The van der Waals surface area contributed by atoms with Crippen molar-refractivity contribution in [2.45, 2.75) is 191 Å². The maximum Gasteiger partial charge on any atom is 0.306 e. The van der Waals surface area contributed by atoms with Crippen LogP contribution in [0.2, 0.25) is 0 Å². The van der Waals surface area contributed by atoms with Crippen molar-refractivity contribution >= 4 is 127 Å². The van der Waals surface area contributed by atoms with E-state index < -0.39 is 105 Å². The summed E-state index contributed by atoms with van der Waals surface area (Å²) in [6.45, 7) is 31.8. The third-order valence-corrected chi connectivity index (χ3v) is 25.9. The van der Waals surface area contributed by atoms with E-state index in [4.69, 9.17) is 62.8 Å². The fourth-order valence-corrected chi connectivity index (χ4v) is 18.8. The van der Waals surface area contributed by atoms with Gasteiger partial charge in [0.15, 0.2) is 0 Å². The standard InChI is InChI=1S/C89H113N9O18/c1-21-53-47(3)61-40-62-50(6)56(68(93-62)43-67-55(23-28-72(100)101)49(5)64(94-67)42-66-54(22-2)48(4)63(92-66)41-65(53)91-61)24-29-77(106)116-38-37-115-36-35-90-71(99)45-87(12)57(25-30-73(102)109-15)69-44-70-85(9,10)58(26-31-74(103)110-16)80(96-70)51(7)82-86(11,34-33-76(105)112-18)60(39-78(107)113-19)84(97-82)89(14)88(13,46-79(108)114-20)59(27-32-75(104)111-17)81(98-89)52(8)83(87)95-69/h21-22,40-44,57-60,84,91-92,95H,1-2,23-39,45-46H2,3-20H3,(H,90,99)(H,100,101)/b61-40?,62-40?,63-41?,64-42?,65-41?,66-42?,67-43?,68-43?,69-44?,80-51?,83-52-/t57-,58-,59-,60+,84?,86-,87+,88+,89+/m1/s1. The number of aliphatic carboxylic acids is 1. The molecule has 7 aliphatic rings. The number of allylic oxidation sites excluding steroid dienone is 10. The van der Waals surface area contributed by atoms with Crippen LogP contribution >= 0.6 is 0 Å². The first kappa shape index (κ1) is 87.7. The molecule has 0 spiro atoms. The number of aromatic amines is 2. The lowest BCUT2D eigenvalue weighted by Crippen LogP contribution is -2.55. The molecular formula is C89H113N9O18. The van der Waals surface area contributed by atoms with Gasteiger partial charge in [0, 0.05) is 164 Å². The van der Waals surface area contributed by atoms with E-state index in [1.807, 2.05) is 120 Å². The van der Waals surface area contributed by atoms with Gasteiger partial charge in [-0.1, -0.05) is 59.9 Å². The van der Waals surface area contributed by atoms with Gasteiger partial charge in [0.2, 0.25) is 5.91 Å². The summed E-state index contributed by atoms with van der Waals surface area (Å²) in [7, 11) is 7.83. The molecule has 622 valence electrons. The van der Waals surface area contributed by atoms with Crippen LogP contribution in [0.25, 0.3) is 56.5 Å². The van der Waals surface area contributed by atoms with E-state index in [-0.39, 0.29) is 129 Å². The number of aliphatic imine (C=N–C) groups is 3. The molecule has 0 aliphatic carbocycles.